The van der Waals surface area contributed by atoms with Gasteiger partial charge >= 0.3 is 0 Å². The number of carbonyl (C=O) groups excluding carboxylic acids is 2. The molecule has 1 aliphatic heterocycles. The van der Waals surface area contributed by atoms with Crippen molar-refractivity contribution in [3.63, 3.8) is 0 Å². The van der Waals surface area contributed by atoms with E-state index in [-0.39, 0.29) is 29.7 Å². The number of hydrogen-bond acceptors (Lipinski definition) is 8. The van der Waals surface area contributed by atoms with Gasteiger partial charge in [0.25, 0.3) is 11.6 Å². The molecule has 5 rings (SSSR count). The summed E-state index contributed by atoms with van der Waals surface area (Å²) in [7, 11) is 0. The Hall–Kier alpha value is -5.16. The zero-order chi connectivity index (χ0) is 27.9. The smallest absolute Gasteiger partial charge is 0.292 e. The first-order valence-electron chi connectivity index (χ1n) is 12.8. The van der Waals surface area contributed by atoms with Gasteiger partial charge in [-0.05, 0) is 30.3 Å². The highest BCUT2D eigenvalue weighted by Crippen LogP contribution is 2.25. The third-order valence-electron chi connectivity index (χ3n) is 6.55. The van der Waals surface area contributed by atoms with E-state index < -0.39 is 4.92 Å². The molecular weight excluding hydrogens is 510 g/mol. The van der Waals surface area contributed by atoms with Crippen molar-refractivity contribution in [3.05, 3.63) is 106 Å². The van der Waals surface area contributed by atoms with Gasteiger partial charge in [-0.25, -0.2) is 10.4 Å². The van der Waals surface area contributed by atoms with Gasteiger partial charge < -0.3 is 10.2 Å². The zero-order valence-corrected chi connectivity index (χ0v) is 21.6. The number of rotatable bonds is 8. The summed E-state index contributed by atoms with van der Waals surface area (Å²) < 4.78 is 0. The number of aromatic nitrogens is 1. The number of carbonyl (C=O) groups is 2. The van der Waals surface area contributed by atoms with Crippen molar-refractivity contribution in [3.8, 4) is 0 Å². The number of fused-ring (bicyclic) bond motifs is 1. The average molecular weight is 538 g/mol. The van der Waals surface area contributed by atoms with Crippen molar-refractivity contribution < 1.29 is 14.5 Å². The lowest BCUT2D eigenvalue weighted by molar-refractivity contribution is -0.383. The van der Waals surface area contributed by atoms with Crippen LogP contribution in [0, 0.1) is 10.1 Å². The summed E-state index contributed by atoms with van der Waals surface area (Å²) in [6.07, 6.45) is 1.60. The van der Waals surface area contributed by atoms with Crippen molar-refractivity contribution in [2.24, 2.45) is 5.10 Å². The first-order chi connectivity index (χ1) is 19.5. The number of nitrogens with zero attached hydrogens (tertiary/aromatic N) is 5. The summed E-state index contributed by atoms with van der Waals surface area (Å²) in [6.45, 7) is 2.54. The van der Waals surface area contributed by atoms with Crippen molar-refractivity contribution in [1.29, 1.82) is 0 Å². The molecule has 4 aromatic rings. The Morgan fingerprint density at radius 1 is 0.950 bits per heavy atom. The SMILES string of the molecule is O=C(CN1CCN(c2nc3ccccc3cc2/C=N/NC(=O)c2ccccc2)CC1)Nc1ccccc1[N+](=O)[O-]. The number of amides is 2. The number of nitro benzene ring substituents is 1. The molecule has 2 amide bonds. The molecule has 1 saturated heterocycles. The van der Waals surface area contributed by atoms with Crippen LogP contribution >= 0.6 is 0 Å². The summed E-state index contributed by atoms with van der Waals surface area (Å²) in [5.41, 5.74) is 4.73. The third kappa shape index (κ3) is 6.27. The molecule has 202 valence electrons. The molecule has 3 aromatic carbocycles. The number of benzene rings is 3. The Bertz CT molecular complexity index is 1570. The number of anilines is 2. The van der Waals surface area contributed by atoms with Crippen molar-refractivity contribution in [2.75, 3.05) is 42.9 Å². The molecule has 0 bridgehead atoms. The number of hydrogen-bond donors (Lipinski definition) is 2. The molecule has 2 heterocycles. The molecule has 0 unspecified atom stereocenters. The predicted molar refractivity (Wildman–Crippen MR) is 154 cm³/mol. The van der Waals surface area contributed by atoms with Crippen LogP contribution in [0.4, 0.5) is 17.2 Å². The number of hydrazone groups is 1. The van der Waals surface area contributed by atoms with Gasteiger partial charge in [-0.2, -0.15) is 5.10 Å². The van der Waals surface area contributed by atoms with Crippen molar-refractivity contribution in [2.45, 2.75) is 0 Å². The second-order valence-corrected chi connectivity index (χ2v) is 9.24. The molecule has 1 aromatic heterocycles. The molecule has 0 radical (unpaired) electrons. The first-order valence-corrected chi connectivity index (χ1v) is 12.8. The summed E-state index contributed by atoms with van der Waals surface area (Å²) >= 11 is 0. The van der Waals surface area contributed by atoms with Crippen molar-refractivity contribution >= 4 is 46.1 Å². The predicted octanol–water partition coefficient (Wildman–Crippen LogP) is 3.67. The second kappa shape index (κ2) is 12.1. The minimum atomic E-state index is -0.515. The summed E-state index contributed by atoms with van der Waals surface area (Å²) in [5, 5.41) is 19.0. The van der Waals surface area contributed by atoms with E-state index in [4.69, 9.17) is 4.98 Å². The number of nitro groups is 1. The van der Waals surface area contributed by atoms with Gasteiger partial charge in [0.2, 0.25) is 5.91 Å². The molecule has 0 saturated carbocycles. The Morgan fingerprint density at radius 2 is 1.65 bits per heavy atom. The fourth-order valence-corrected chi connectivity index (χ4v) is 4.53. The van der Waals surface area contributed by atoms with E-state index in [1.165, 1.54) is 12.1 Å². The van der Waals surface area contributed by atoms with Crippen LogP contribution in [-0.4, -0.2) is 65.6 Å². The van der Waals surface area contributed by atoms with Gasteiger partial charge in [0.15, 0.2) is 0 Å². The van der Waals surface area contributed by atoms with Crippen LogP contribution in [0.3, 0.4) is 0 Å². The van der Waals surface area contributed by atoms with Crippen LogP contribution in [0.15, 0.2) is 90.0 Å². The highest BCUT2D eigenvalue weighted by Gasteiger charge is 2.23. The van der Waals surface area contributed by atoms with Crippen LogP contribution in [0.5, 0.6) is 0 Å². The largest absolute Gasteiger partial charge is 0.353 e. The van der Waals surface area contributed by atoms with Gasteiger partial charge in [0, 0.05) is 48.8 Å². The average Bonchev–Trinajstić information content (AvgIpc) is 2.97. The van der Waals surface area contributed by atoms with Crippen LogP contribution in [0.25, 0.3) is 10.9 Å². The van der Waals surface area contributed by atoms with Gasteiger partial charge in [0.1, 0.15) is 11.5 Å². The maximum atomic E-state index is 12.6. The lowest BCUT2D eigenvalue weighted by Crippen LogP contribution is -2.49. The molecular formula is C29H27N7O4. The molecule has 1 aliphatic rings. The van der Waals surface area contributed by atoms with Crippen LogP contribution in [-0.2, 0) is 4.79 Å². The van der Waals surface area contributed by atoms with Crippen molar-refractivity contribution in [1.82, 2.24) is 15.3 Å². The van der Waals surface area contributed by atoms with Gasteiger partial charge in [-0.15, -0.1) is 0 Å². The standard InChI is InChI=1S/C29H27N7O4/c37-27(31-25-12-6-7-13-26(25)36(39)40)20-34-14-16-35(17-15-34)28-23(18-22-10-4-5-11-24(22)32-28)19-30-33-29(38)21-8-2-1-3-9-21/h1-13,18-19H,14-17,20H2,(H,31,37)(H,33,38)/b30-19+. The Kier molecular flexibility index (Phi) is 8.02. The molecule has 40 heavy (non-hydrogen) atoms. The van der Waals surface area contributed by atoms with E-state index in [1.54, 1.807) is 42.6 Å². The Labute approximate surface area is 230 Å². The molecule has 0 aliphatic carbocycles. The maximum Gasteiger partial charge on any atom is 0.292 e. The van der Waals surface area contributed by atoms with Crippen LogP contribution in [0.2, 0.25) is 0 Å². The quantitative estimate of drug-likeness (QED) is 0.199. The summed E-state index contributed by atoms with van der Waals surface area (Å²) in [4.78, 5) is 44.8. The van der Waals surface area contributed by atoms with E-state index in [2.05, 4.69) is 20.7 Å². The lowest BCUT2D eigenvalue weighted by atomic mass is 10.1. The second-order valence-electron chi connectivity index (χ2n) is 9.24. The zero-order valence-electron chi connectivity index (χ0n) is 21.6. The fraction of sp³-hybridized carbons (Fsp3) is 0.172. The van der Waals surface area contributed by atoms with Crippen LogP contribution < -0.4 is 15.6 Å². The first kappa shape index (κ1) is 26.4. The van der Waals surface area contributed by atoms with Gasteiger partial charge in [-0.1, -0.05) is 48.5 Å². The molecule has 0 spiro atoms. The van der Waals surface area contributed by atoms with Gasteiger partial charge in [0.05, 0.1) is 23.2 Å². The lowest BCUT2D eigenvalue weighted by Gasteiger charge is -2.35. The summed E-state index contributed by atoms with van der Waals surface area (Å²) in [6, 6.07) is 24.7. The van der Waals surface area contributed by atoms with E-state index in [0.717, 1.165) is 22.3 Å². The highest BCUT2D eigenvalue weighted by molar-refractivity contribution is 5.97. The van der Waals surface area contributed by atoms with Crippen LogP contribution in [0.1, 0.15) is 15.9 Å². The maximum absolute atomic E-state index is 12.6. The number of piperazine rings is 1. The van der Waals surface area contributed by atoms with E-state index in [1.807, 2.05) is 41.3 Å². The number of nitrogens with one attached hydrogen (secondary N) is 2. The molecule has 1 fully saturated rings. The van der Waals surface area contributed by atoms with E-state index >= 15 is 0 Å². The minimum Gasteiger partial charge on any atom is -0.353 e. The molecule has 11 nitrogen and oxygen atoms in total. The summed E-state index contributed by atoms with van der Waals surface area (Å²) in [5.74, 6) is 0.119. The number of para-hydroxylation sites is 3. The minimum absolute atomic E-state index is 0.116. The van der Waals surface area contributed by atoms with Gasteiger partial charge in [-0.3, -0.25) is 24.6 Å². The molecule has 0 atom stereocenters. The highest BCUT2D eigenvalue weighted by atomic mass is 16.6. The number of pyridine rings is 1. The van der Waals surface area contributed by atoms with E-state index in [9.17, 15) is 19.7 Å². The monoisotopic (exact) mass is 537 g/mol. The Balaban J connectivity index is 1.26. The molecule has 2 N–H and O–H groups in total. The van der Waals surface area contributed by atoms with E-state index in [0.29, 0.717) is 31.7 Å². The Morgan fingerprint density at radius 3 is 2.42 bits per heavy atom. The normalized spacial score (nSPS) is 13.8. The topological polar surface area (TPSA) is 133 Å². The molecule has 11 heteroatoms. The fourth-order valence-electron chi connectivity index (χ4n) is 4.53. The third-order valence-corrected chi connectivity index (χ3v) is 6.55.